The maximum absolute atomic E-state index is 12.0. The molecule has 1 saturated heterocycles. The largest absolute Gasteiger partial charge is 0.318 e. The minimum absolute atomic E-state index is 0.0924. The van der Waals surface area contributed by atoms with Gasteiger partial charge in [0.05, 0.1) is 0 Å². The van der Waals surface area contributed by atoms with E-state index in [1.54, 1.807) is 13.0 Å². The summed E-state index contributed by atoms with van der Waals surface area (Å²) in [6, 6.07) is 8.71. The number of imide groups is 1. The first-order chi connectivity index (χ1) is 9.08. The van der Waals surface area contributed by atoms with Gasteiger partial charge in [-0.3, -0.25) is 19.7 Å². The third-order valence-electron chi connectivity index (χ3n) is 2.92. The molecule has 1 aliphatic rings. The van der Waals surface area contributed by atoms with Gasteiger partial charge in [-0.15, -0.1) is 0 Å². The summed E-state index contributed by atoms with van der Waals surface area (Å²) >= 11 is 0. The zero-order valence-corrected chi connectivity index (χ0v) is 10.5. The van der Waals surface area contributed by atoms with Gasteiger partial charge in [-0.1, -0.05) is 30.3 Å². The van der Waals surface area contributed by atoms with Crippen LogP contribution in [0.3, 0.4) is 0 Å². The zero-order valence-electron chi connectivity index (χ0n) is 10.5. The Hall–Kier alpha value is -2.43. The number of hydrogen-bond donors (Lipinski definition) is 1. The number of nitrogens with zero attached hydrogens (tertiary/aromatic N) is 1. The molecule has 1 aromatic carbocycles. The Morgan fingerprint density at radius 2 is 2.00 bits per heavy atom. The minimum Gasteiger partial charge on any atom is -0.318 e. The number of benzene rings is 1. The molecular weight excluding hydrogens is 244 g/mol. The average Bonchev–Trinajstić information content (AvgIpc) is 2.41. The predicted molar refractivity (Wildman–Crippen MR) is 69.8 cm³/mol. The van der Waals surface area contributed by atoms with Crippen molar-refractivity contribution in [2.75, 3.05) is 6.54 Å². The second-order valence-corrected chi connectivity index (χ2v) is 4.30. The first-order valence-electron chi connectivity index (χ1n) is 5.95. The van der Waals surface area contributed by atoms with Gasteiger partial charge in [-0.05, 0) is 18.6 Å². The molecule has 0 radical (unpaired) electrons. The molecule has 1 aromatic rings. The van der Waals surface area contributed by atoms with Gasteiger partial charge in [0.15, 0.2) is 0 Å². The molecule has 1 N–H and O–H groups in total. The summed E-state index contributed by atoms with van der Waals surface area (Å²) in [6.07, 6.45) is 3.03. The average molecular weight is 258 g/mol. The predicted octanol–water partition coefficient (Wildman–Crippen LogP) is 0.573. The molecule has 98 valence electrons. The highest BCUT2D eigenvalue weighted by Crippen LogP contribution is 2.07. The van der Waals surface area contributed by atoms with Crippen LogP contribution in [0.4, 0.5) is 0 Å². The molecule has 0 bridgehead atoms. The van der Waals surface area contributed by atoms with Gasteiger partial charge in [0.1, 0.15) is 12.6 Å². The lowest BCUT2D eigenvalue weighted by Gasteiger charge is -2.30. The van der Waals surface area contributed by atoms with Crippen LogP contribution < -0.4 is 5.32 Å². The van der Waals surface area contributed by atoms with Crippen molar-refractivity contribution in [2.45, 2.75) is 13.0 Å². The van der Waals surface area contributed by atoms with E-state index in [4.69, 9.17) is 0 Å². The fourth-order valence-corrected chi connectivity index (χ4v) is 1.81. The maximum Gasteiger partial charge on any atom is 0.249 e. The van der Waals surface area contributed by atoms with E-state index in [2.05, 4.69) is 5.32 Å². The van der Waals surface area contributed by atoms with E-state index >= 15 is 0 Å². The summed E-state index contributed by atoms with van der Waals surface area (Å²) in [6.45, 7) is 1.50. The molecule has 0 aromatic heterocycles. The second-order valence-electron chi connectivity index (χ2n) is 4.30. The van der Waals surface area contributed by atoms with Crippen molar-refractivity contribution in [3.8, 4) is 0 Å². The molecule has 19 heavy (non-hydrogen) atoms. The van der Waals surface area contributed by atoms with Crippen LogP contribution in [0.5, 0.6) is 0 Å². The van der Waals surface area contributed by atoms with Crippen molar-refractivity contribution in [2.24, 2.45) is 0 Å². The van der Waals surface area contributed by atoms with Gasteiger partial charge in [-0.2, -0.15) is 0 Å². The van der Waals surface area contributed by atoms with E-state index in [0.29, 0.717) is 0 Å². The normalized spacial score (nSPS) is 19.6. The Kier molecular flexibility index (Phi) is 3.75. The Morgan fingerprint density at radius 3 is 2.68 bits per heavy atom. The van der Waals surface area contributed by atoms with E-state index in [1.807, 2.05) is 30.3 Å². The number of carbonyl (C=O) groups excluding carboxylic acids is 3. The van der Waals surface area contributed by atoms with E-state index < -0.39 is 17.9 Å². The van der Waals surface area contributed by atoms with Crippen LogP contribution in [-0.2, 0) is 14.4 Å². The van der Waals surface area contributed by atoms with Crippen molar-refractivity contribution < 1.29 is 14.4 Å². The first-order valence-corrected chi connectivity index (χ1v) is 5.95. The van der Waals surface area contributed by atoms with Gasteiger partial charge in [0.25, 0.3) is 0 Å². The molecular formula is C14H14N2O3. The number of piperazine rings is 1. The first kappa shape index (κ1) is 13.0. The number of nitrogens with one attached hydrogen (secondary N) is 1. The van der Waals surface area contributed by atoms with Crippen molar-refractivity contribution in [1.82, 2.24) is 10.2 Å². The van der Waals surface area contributed by atoms with Gasteiger partial charge in [-0.25, -0.2) is 0 Å². The van der Waals surface area contributed by atoms with E-state index in [1.165, 1.54) is 11.0 Å². The SMILES string of the molecule is CC1C(=O)NC(=O)CN1C(=O)C=Cc1ccccc1. The second kappa shape index (κ2) is 5.48. The fourth-order valence-electron chi connectivity index (χ4n) is 1.81. The Morgan fingerprint density at radius 1 is 1.32 bits per heavy atom. The minimum atomic E-state index is -0.634. The summed E-state index contributed by atoms with van der Waals surface area (Å²) in [7, 11) is 0. The van der Waals surface area contributed by atoms with Crippen molar-refractivity contribution >= 4 is 23.8 Å². The van der Waals surface area contributed by atoms with Crippen LogP contribution in [0.1, 0.15) is 12.5 Å². The smallest absolute Gasteiger partial charge is 0.249 e. The summed E-state index contributed by atoms with van der Waals surface area (Å²) < 4.78 is 0. The highest BCUT2D eigenvalue weighted by molar-refractivity contribution is 6.06. The third kappa shape index (κ3) is 3.07. The number of carbonyl (C=O) groups is 3. The van der Waals surface area contributed by atoms with Crippen LogP contribution in [0.25, 0.3) is 6.08 Å². The highest BCUT2D eigenvalue weighted by Gasteiger charge is 2.32. The lowest BCUT2D eigenvalue weighted by Crippen LogP contribution is -2.58. The van der Waals surface area contributed by atoms with Gasteiger partial charge >= 0.3 is 0 Å². The Bertz CT molecular complexity index is 537. The van der Waals surface area contributed by atoms with Crippen LogP contribution in [0.15, 0.2) is 36.4 Å². The molecule has 0 saturated carbocycles. The van der Waals surface area contributed by atoms with Gasteiger partial charge < -0.3 is 4.90 Å². The monoisotopic (exact) mass is 258 g/mol. The molecule has 0 aliphatic carbocycles. The molecule has 1 atom stereocenters. The van der Waals surface area contributed by atoms with Gasteiger partial charge in [0, 0.05) is 6.08 Å². The standard InChI is InChI=1S/C14H14N2O3/c1-10-14(19)15-12(17)9-16(10)13(18)8-7-11-5-3-2-4-6-11/h2-8,10H,9H2,1H3,(H,15,17,19). The maximum atomic E-state index is 12.0. The molecule has 1 aliphatic heterocycles. The molecule has 5 heteroatoms. The lowest BCUT2D eigenvalue weighted by atomic mass is 10.1. The topological polar surface area (TPSA) is 66.5 Å². The molecule has 5 nitrogen and oxygen atoms in total. The molecule has 1 unspecified atom stereocenters. The highest BCUT2D eigenvalue weighted by atomic mass is 16.2. The van der Waals surface area contributed by atoms with Crippen LogP contribution in [0, 0.1) is 0 Å². The van der Waals surface area contributed by atoms with Crippen LogP contribution in [0.2, 0.25) is 0 Å². The third-order valence-corrected chi connectivity index (χ3v) is 2.92. The zero-order chi connectivity index (χ0) is 13.8. The van der Waals surface area contributed by atoms with Crippen molar-refractivity contribution in [1.29, 1.82) is 0 Å². The van der Waals surface area contributed by atoms with E-state index in [9.17, 15) is 14.4 Å². The van der Waals surface area contributed by atoms with Crippen molar-refractivity contribution in [3.63, 3.8) is 0 Å². The number of rotatable bonds is 2. The molecule has 0 spiro atoms. The molecule has 1 fully saturated rings. The quantitative estimate of drug-likeness (QED) is 0.623. The van der Waals surface area contributed by atoms with Crippen molar-refractivity contribution in [3.05, 3.63) is 42.0 Å². The lowest BCUT2D eigenvalue weighted by molar-refractivity contribution is -0.147. The number of amides is 3. The summed E-state index contributed by atoms with van der Waals surface area (Å²) in [4.78, 5) is 35.9. The summed E-state index contributed by atoms with van der Waals surface area (Å²) in [5.74, 6) is -1.25. The van der Waals surface area contributed by atoms with Crippen LogP contribution in [-0.4, -0.2) is 35.2 Å². The Balaban J connectivity index is 2.09. The summed E-state index contributed by atoms with van der Waals surface area (Å²) in [5.41, 5.74) is 0.885. The van der Waals surface area contributed by atoms with E-state index in [-0.39, 0.29) is 12.5 Å². The Labute approximate surface area is 110 Å². The van der Waals surface area contributed by atoms with E-state index in [0.717, 1.165) is 5.56 Å². The number of hydrogen-bond acceptors (Lipinski definition) is 3. The molecule has 2 rings (SSSR count). The summed E-state index contributed by atoms with van der Waals surface area (Å²) in [5, 5.41) is 2.19. The van der Waals surface area contributed by atoms with Crippen LogP contribution >= 0.6 is 0 Å². The van der Waals surface area contributed by atoms with Gasteiger partial charge in [0.2, 0.25) is 17.7 Å². The molecule has 3 amide bonds. The fraction of sp³-hybridized carbons (Fsp3) is 0.214. The molecule has 1 heterocycles.